The first-order valence-electron chi connectivity index (χ1n) is 7.32. The number of rotatable bonds is 3. The molecule has 4 aromatic rings. The van der Waals surface area contributed by atoms with Crippen molar-refractivity contribution >= 4 is 38.8 Å². The molecule has 0 unspecified atom stereocenters. The molecule has 7 heteroatoms. The average molecular weight is 358 g/mol. The molecule has 120 valence electrons. The van der Waals surface area contributed by atoms with Crippen LogP contribution in [0.3, 0.4) is 0 Å². The third-order valence-electron chi connectivity index (χ3n) is 3.58. The maximum absolute atomic E-state index is 12.5. The number of para-hydroxylation sites is 1. The van der Waals surface area contributed by atoms with Crippen molar-refractivity contribution in [2.45, 2.75) is 13.0 Å². The van der Waals surface area contributed by atoms with E-state index in [0.29, 0.717) is 31.6 Å². The summed E-state index contributed by atoms with van der Waals surface area (Å²) in [4.78, 5) is 17.6. The minimum atomic E-state index is -0.322. The van der Waals surface area contributed by atoms with Crippen molar-refractivity contribution in [3.8, 4) is 5.75 Å². The molecule has 4 rings (SSSR count). The summed E-state index contributed by atoms with van der Waals surface area (Å²) in [5.41, 5.74) is 0.495. The Kier molecular flexibility index (Phi) is 3.70. The fourth-order valence-corrected chi connectivity index (χ4v) is 3.49. The van der Waals surface area contributed by atoms with E-state index in [1.54, 1.807) is 18.2 Å². The molecule has 0 radical (unpaired) electrons. The predicted molar refractivity (Wildman–Crippen MR) is 95.1 cm³/mol. The Morgan fingerprint density at radius 2 is 2.04 bits per heavy atom. The van der Waals surface area contributed by atoms with Gasteiger partial charge < -0.3 is 4.74 Å². The number of benzene rings is 2. The van der Waals surface area contributed by atoms with Crippen LogP contribution in [0.4, 0.5) is 0 Å². The largest absolute Gasteiger partial charge is 0.483 e. The third kappa shape index (κ3) is 2.64. The summed E-state index contributed by atoms with van der Waals surface area (Å²) in [6, 6.07) is 14.4. The molecule has 0 spiro atoms. The molecule has 2 heterocycles. The minimum absolute atomic E-state index is 0.173. The molecule has 0 aliphatic heterocycles. The van der Waals surface area contributed by atoms with Crippen molar-refractivity contribution in [2.24, 2.45) is 0 Å². The molecule has 2 aromatic carbocycles. The number of hydrogen-bond donors (Lipinski definition) is 0. The molecule has 0 N–H and O–H groups in total. The normalized spacial score (nSPS) is 12.6. The molecule has 0 aliphatic carbocycles. The minimum Gasteiger partial charge on any atom is -0.483 e. The first-order valence-corrected chi connectivity index (χ1v) is 8.52. The number of aromatic nitrogens is 3. The standard InChI is InChI=1S/C17H12ClN3O2S/c1-10(23-12-6-4-5-11(18)9-12)15-20-21-16(22)13-7-2-3-8-14(13)19-17(21)24-15/h2-10H,1H3/t10-/m1/s1. The first kappa shape index (κ1) is 15.1. The Morgan fingerprint density at radius 1 is 1.21 bits per heavy atom. The summed E-state index contributed by atoms with van der Waals surface area (Å²) < 4.78 is 7.20. The monoisotopic (exact) mass is 357 g/mol. The highest BCUT2D eigenvalue weighted by Gasteiger charge is 2.16. The van der Waals surface area contributed by atoms with Gasteiger partial charge in [0.05, 0.1) is 10.9 Å². The second-order valence-electron chi connectivity index (χ2n) is 5.29. The van der Waals surface area contributed by atoms with Crippen LogP contribution in [0.2, 0.25) is 5.02 Å². The highest BCUT2D eigenvalue weighted by atomic mass is 35.5. The molecule has 24 heavy (non-hydrogen) atoms. The molecule has 0 aliphatic rings. The summed E-state index contributed by atoms with van der Waals surface area (Å²) in [5, 5.41) is 6.21. The Hall–Kier alpha value is -2.44. The lowest BCUT2D eigenvalue weighted by Gasteiger charge is -2.11. The third-order valence-corrected chi connectivity index (χ3v) is 4.88. The van der Waals surface area contributed by atoms with Crippen molar-refractivity contribution in [3.05, 3.63) is 68.9 Å². The number of nitrogens with zero attached hydrogens (tertiary/aromatic N) is 3. The van der Waals surface area contributed by atoms with E-state index in [-0.39, 0.29) is 11.7 Å². The lowest BCUT2D eigenvalue weighted by Crippen LogP contribution is -2.15. The Morgan fingerprint density at radius 3 is 2.88 bits per heavy atom. The van der Waals surface area contributed by atoms with Crippen LogP contribution in [-0.4, -0.2) is 14.6 Å². The molecule has 0 saturated heterocycles. The number of halogens is 1. The van der Waals surface area contributed by atoms with Gasteiger partial charge in [0.2, 0.25) is 4.96 Å². The van der Waals surface area contributed by atoms with Gasteiger partial charge in [-0.25, -0.2) is 4.98 Å². The van der Waals surface area contributed by atoms with Crippen molar-refractivity contribution < 1.29 is 4.74 Å². The number of fused-ring (bicyclic) bond motifs is 2. The van der Waals surface area contributed by atoms with Gasteiger partial charge in [-0.3, -0.25) is 4.79 Å². The van der Waals surface area contributed by atoms with Crippen LogP contribution in [-0.2, 0) is 0 Å². The molecule has 0 bridgehead atoms. The fraction of sp³-hybridized carbons (Fsp3) is 0.118. The number of ether oxygens (including phenoxy) is 1. The molecule has 0 amide bonds. The molecule has 0 fully saturated rings. The van der Waals surface area contributed by atoms with Gasteiger partial charge in [0.15, 0.2) is 5.01 Å². The summed E-state index contributed by atoms with van der Waals surface area (Å²) in [5.74, 6) is 0.653. The highest BCUT2D eigenvalue weighted by molar-refractivity contribution is 7.16. The lowest BCUT2D eigenvalue weighted by atomic mass is 10.2. The summed E-state index contributed by atoms with van der Waals surface area (Å²) in [7, 11) is 0. The van der Waals surface area contributed by atoms with Crippen LogP contribution >= 0.6 is 22.9 Å². The van der Waals surface area contributed by atoms with Crippen molar-refractivity contribution in [3.63, 3.8) is 0 Å². The van der Waals surface area contributed by atoms with Gasteiger partial charge in [-0.05, 0) is 37.3 Å². The van der Waals surface area contributed by atoms with Crippen molar-refractivity contribution in [1.29, 1.82) is 0 Å². The van der Waals surface area contributed by atoms with Crippen LogP contribution in [0.1, 0.15) is 18.0 Å². The van der Waals surface area contributed by atoms with E-state index < -0.39 is 0 Å². The van der Waals surface area contributed by atoms with E-state index in [9.17, 15) is 4.79 Å². The van der Waals surface area contributed by atoms with Gasteiger partial charge in [0.25, 0.3) is 5.56 Å². The lowest BCUT2D eigenvalue weighted by molar-refractivity contribution is 0.225. The van der Waals surface area contributed by atoms with Crippen LogP contribution in [0.25, 0.3) is 15.9 Å². The van der Waals surface area contributed by atoms with Crippen LogP contribution < -0.4 is 10.3 Å². The van der Waals surface area contributed by atoms with Gasteiger partial charge in [-0.2, -0.15) is 9.61 Å². The van der Waals surface area contributed by atoms with Gasteiger partial charge in [-0.15, -0.1) is 0 Å². The van der Waals surface area contributed by atoms with Gasteiger partial charge in [0.1, 0.15) is 11.9 Å². The molecule has 5 nitrogen and oxygen atoms in total. The van der Waals surface area contributed by atoms with Crippen LogP contribution in [0.15, 0.2) is 53.3 Å². The zero-order valence-corrected chi connectivity index (χ0v) is 14.2. The number of hydrogen-bond acceptors (Lipinski definition) is 5. The predicted octanol–water partition coefficient (Wildman–Crippen LogP) is 4.10. The van der Waals surface area contributed by atoms with E-state index in [1.165, 1.54) is 15.9 Å². The maximum atomic E-state index is 12.5. The van der Waals surface area contributed by atoms with Gasteiger partial charge in [0, 0.05) is 5.02 Å². The molecule has 2 aromatic heterocycles. The summed E-state index contributed by atoms with van der Waals surface area (Å²) in [6.45, 7) is 1.88. The fourth-order valence-electron chi connectivity index (χ4n) is 2.43. The maximum Gasteiger partial charge on any atom is 0.283 e. The van der Waals surface area contributed by atoms with Gasteiger partial charge in [-0.1, -0.05) is 41.1 Å². The topological polar surface area (TPSA) is 56.5 Å². The second kappa shape index (κ2) is 5.89. The zero-order valence-electron chi connectivity index (χ0n) is 12.6. The van der Waals surface area contributed by atoms with E-state index in [1.807, 2.05) is 37.3 Å². The first-order chi connectivity index (χ1) is 11.6. The Bertz CT molecular complexity index is 1110. The Balaban J connectivity index is 1.76. The van der Waals surface area contributed by atoms with Crippen molar-refractivity contribution in [2.75, 3.05) is 0 Å². The van der Waals surface area contributed by atoms with E-state index in [4.69, 9.17) is 16.3 Å². The molecule has 1 atom stereocenters. The van der Waals surface area contributed by atoms with Gasteiger partial charge >= 0.3 is 0 Å². The van der Waals surface area contributed by atoms with Crippen molar-refractivity contribution in [1.82, 2.24) is 14.6 Å². The van der Waals surface area contributed by atoms with Crippen LogP contribution in [0.5, 0.6) is 5.75 Å². The summed E-state index contributed by atoms with van der Waals surface area (Å²) >= 11 is 7.31. The smallest absolute Gasteiger partial charge is 0.283 e. The zero-order chi connectivity index (χ0) is 16.7. The average Bonchev–Trinajstić information content (AvgIpc) is 3.00. The molecular weight excluding hydrogens is 346 g/mol. The highest BCUT2D eigenvalue weighted by Crippen LogP contribution is 2.26. The molecular formula is C17H12ClN3O2S. The van der Waals surface area contributed by atoms with E-state index in [2.05, 4.69) is 10.1 Å². The quantitative estimate of drug-likeness (QED) is 0.554. The van der Waals surface area contributed by atoms with E-state index in [0.717, 1.165) is 0 Å². The second-order valence-corrected chi connectivity index (χ2v) is 6.71. The van der Waals surface area contributed by atoms with Crippen LogP contribution in [0, 0.1) is 0 Å². The van der Waals surface area contributed by atoms with E-state index >= 15 is 0 Å². The molecule has 0 saturated carbocycles. The Labute approximate surface area is 146 Å². The SMILES string of the molecule is C[C@@H](Oc1cccc(Cl)c1)c1nn2c(=O)c3ccccc3nc2s1. The summed E-state index contributed by atoms with van der Waals surface area (Å²) in [6.07, 6.45) is -0.322.